The zero-order chi connectivity index (χ0) is 95.8. The summed E-state index contributed by atoms with van der Waals surface area (Å²) < 4.78 is 6.94. The maximum Gasteiger partial charge on any atom is 0.224 e. The van der Waals surface area contributed by atoms with Crippen molar-refractivity contribution >= 4 is 40.4 Å². The third kappa shape index (κ3) is 19.6. The van der Waals surface area contributed by atoms with E-state index in [4.69, 9.17) is 23.4 Å². The number of ketones is 4. The van der Waals surface area contributed by atoms with Crippen molar-refractivity contribution in [2.24, 2.45) is 187 Å². The lowest BCUT2D eigenvalue weighted by Crippen LogP contribution is -2.52. The second kappa shape index (κ2) is 39.1. The van der Waals surface area contributed by atoms with E-state index >= 15 is 0 Å². The molecule has 4 N–H and O–H groups in total. The highest BCUT2D eigenvalue weighted by molar-refractivity contribution is 6.30. The van der Waals surface area contributed by atoms with Gasteiger partial charge in [0.25, 0.3) is 0 Å². The van der Waals surface area contributed by atoms with E-state index in [2.05, 4.69) is 94.5 Å². The van der Waals surface area contributed by atoms with Gasteiger partial charge in [-0.05, 0) is 493 Å². The Morgan fingerprint density at radius 1 is 0.409 bits per heavy atom. The third-order valence-electron chi connectivity index (χ3n) is 44.4. The molecule has 0 aromatic carbocycles. The van der Waals surface area contributed by atoms with Crippen molar-refractivity contribution in [2.75, 3.05) is 58.9 Å². The number of rotatable bonds is 18. The molecule has 4 aromatic heterocycles. The van der Waals surface area contributed by atoms with E-state index < -0.39 is 22.4 Å². The number of aliphatic hydroxyl groups is 4. The maximum atomic E-state index is 13.8. The van der Waals surface area contributed by atoms with Crippen LogP contribution in [0.4, 0.5) is 5.69 Å². The molecular weight excluding hydrogens is 1730 g/mol. The van der Waals surface area contributed by atoms with Gasteiger partial charge >= 0.3 is 0 Å². The van der Waals surface area contributed by atoms with E-state index in [-0.39, 0.29) is 45.3 Å². The van der Waals surface area contributed by atoms with Gasteiger partial charge in [0.2, 0.25) is 5.69 Å². The molecule has 19 aliphatic rings. The number of Topliss-reactive ketones (excluding diaryl/α,β-unsaturated/α-hetero) is 4. The number of nitriles is 1. The summed E-state index contributed by atoms with van der Waals surface area (Å²) in [4.78, 5) is 66.4. The first-order chi connectivity index (χ1) is 65.5. The van der Waals surface area contributed by atoms with E-state index in [1.54, 1.807) is 51.1 Å². The summed E-state index contributed by atoms with van der Waals surface area (Å²) in [6.07, 6.45) is 57.0. The summed E-state index contributed by atoms with van der Waals surface area (Å²) in [7, 11) is 0. The number of halogens is 1. The molecule has 0 spiro atoms. The standard InChI is InChI=1S/2C30H44N4O2.C30H47N3O2.C25H37ClN2O2/c1-29(36)10-8-23-20(15-29)6-7-25-24(23)9-11-30(2)26(27(35)19-34-18-22(31-3)16-32-34)14-21(28(25)30)17-33-12-4-5-13-33;1-29(36)10-7-23-20(16-29)5-6-25-24(23)8-11-30(2)26(27(35)19-34-14-9-22(17-31)32-34)15-21(28(25)30)18-33-12-3-4-13-33;1-20-16-31-33(17-20)19-27(34)26-14-22(18-32-12-4-5-13-32)28-25-7-6-21-15-29(2,35)10-8-23(21)24(25)9-11-30(26,28)3;1-15-10-21(22(29)14-28-13-17(26)12-27-28)25(3)9-7-19-18-6-8-24(2,30)11-16(18)4-5-20(19)23(15)25/h16,18,20-21,23-26,28,36H,4-15,17,19H2,1-2H3;9,14,20-21,23-26,28,36H,3-8,10-13,15-16,18-19H2,1-2H3;16-17,21-26,28,35H,4-15,18-19H2,1-3H3;12-13,15-16,18-21,23,30H,4-11,14H2,1-3H3/t2*20-,21+,23+,24-,25-,26-,28+,29-,30-;21-,22+,23+,24-,25-,26-,28+,29-,30-;15-,16-,18+,19-,20-,21-,23+,24-,25-/m1111/s1. The van der Waals surface area contributed by atoms with Gasteiger partial charge in [0.1, 0.15) is 6.07 Å². The van der Waals surface area contributed by atoms with E-state index in [9.17, 15) is 39.6 Å². The number of carbonyl (C=O) groups is 4. The molecule has 3 saturated heterocycles. The summed E-state index contributed by atoms with van der Waals surface area (Å²) in [5, 5.41) is 69.9. The molecule has 0 amide bonds. The Bertz CT molecular complexity index is 4850. The Balaban J connectivity index is 0.000000113. The average molecular weight is 1900 g/mol. The normalized spacial score (nSPS) is 45.5. The van der Waals surface area contributed by atoms with Gasteiger partial charge in [0.15, 0.2) is 28.8 Å². The van der Waals surface area contributed by atoms with Crippen molar-refractivity contribution in [3.05, 3.63) is 77.1 Å². The number of hydrogen-bond acceptors (Lipinski definition) is 16. The van der Waals surface area contributed by atoms with Crippen LogP contribution in [-0.2, 0) is 45.4 Å². The molecule has 16 saturated carbocycles. The zero-order valence-electron chi connectivity index (χ0n) is 85.5. The highest BCUT2D eigenvalue weighted by Crippen LogP contribution is 2.72. The summed E-state index contributed by atoms with van der Waals surface area (Å²) in [5.74, 6) is 19.1. The SMILES string of the molecule is C[C@@H]1C[C@H](C(=O)Cn2cc(Cl)cn2)[C@@]2(C)CC[C@H]3[C@@H](CC[C@@H]4C[C@](C)(O)CC[C@@H]43)[C@H]12.C[C@@]1(O)CC[C@H]2[C@H](CC[C@@H]3[C@@H]2CC[C@@]2(C)[C@H]3[C@H](CN3CCCC3)C[C@@H]2C(=O)Cn2ccc(C#N)n2)C1.Cc1cnn(CC(=O)[C@H]2C[C@@H](CN3CCCC3)[C@H]3[C@@H]4CC[C@@H]5C[C@](C)(O)CC[C@@H]5[C@H]4CC[C@@]32C)c1.[C-]#[N+]c1cnn(CC(=O)[C@H]2C[C@@H](CN3CCCC3)[C@H]3[C@@H]4CC[C@@H]5C[C@](C)(O)CC[C@@H]5[C@H]4CC[C@@]32C)c1. The molecule has 16 aliphatic carbocycles. The Morgan fingerprint density at radius 2 is 0.723 bits per heavy atom. The third-order valence-corrected chi connectivity index (χ3v) is 44.6. The highest BCUT2D eigenvalue weighted by atomic mass is 35.5. The topological polar surface area (TPSA) is 258 Å². The molecular formula is C115H172ClN13O8. The van der Waals surface area contributed by atoms with E-state index in [1.807, 2.05) is 37.8 Å². The second-order valence-electron chi connectivity index (χ2n) is 52.9. The van der Waals surface area contributed by atoms with Gasteiger partial charge in [0.05, 0.1) is 78.8 Å². The predicted molar refractivity (Wildman–Crippen MR) is 533 cm³/mol. The van der Waals surface area contributed by atoms with Crippen molar-refractivity contribution < 1.29 is 39.6 Å². The number of likely N-dealkylation sites (tertiary alicyclic amines) is 3. The largest absolute Gasteiger partial charge is 0.390 e. The van der Waals surface area contributed by atoms with Crippen LogP contribution in [0.5, 0.6) is 0 Å². The van der Waals surface area contributed by atoms with Gasteiger partial charge in [0, 0.05) is 68.1 Å². The summed E-state index contributed by atoms with van der Waals surface area (Å²) in [5.41, 5.74) is 0.576. The van der Waals surface area contributed by atoms with Gasteiger partial charge in [-0.2, -0.15) is 25.7 Å². The first-order valence-corrected chi connectivity index (χ1v) is 56.5. The zero-order valence-corrected chi connectivity index (χ0v) is 86.2. The van der Waals surface area contributed by atoms with Crippen molar-refractivity contribution in [3.8, 4) is 6.07 Å². The monoisotopic (exact) mass is 1900 g/mol. The number of aromatic nitrogens is 8. The number of hydrogen-bond donors (Lipinski definition) is 4. The molecule has 0 radical (unpaired) electrons. The number of fused-ring (bicyclic) bond motifs is 20. The van der Waals surface area contributed by atoms with E-state index in [1.165, 1.54) is 206 Å². The Morgan fingerprint density at radius 3 is 1.04 bits per heavy atom. The van der Waals surface area contributed by atoms with Gasteiger partial charge in [-0.1, -0.05) is 46.2 Å². The summed E-state index contributed by atoms with van der Waals surface area (Å²) in [6, 6.07) is 3.79. The molecule has 7 heterocycles. The number of nitrogens with zero attached hydrogens (tertiary/aromatic N) is 13. The summed E-state index contributed by atoms with van der Waals surface area (Å²) in [6.45, 7) is 42.0. The second-order valence-corrected chi connectivity index (χ2v) is 53.4. The van der Waals surface area contributed by atoms with Crippen molar-refractivity contribution in [1.82, 2.24) is 53.8 Å². The average Bonchev–Trinajstić information content (AvgIpc) is 1.60. The van der Waals surface area contributed by atoms with Crippen LogP contribution in [0.1, 0.15) is 318 Å². The van der Waals surface area contributed by atoms with Crippen LogP contribution < -0.4 is 0 Å². The quantitative estimate of drug-likeness (QED) is 0.0675. The fourth-order valence-electron chi connectivity index (χ4n) is 39.2. The van der Waals surface area contributed by atoms with Crippen LogP contribution in [0.2, 0.25) is 5.02 Å². The van der Waals surface area contributed by atoms with Gasteiger partial charge in [-0.3, -0.25) is 37.9 Å². The first-order valence-electron chi connectivity index (χ1n) is 56.1. The highest BCUT2D eigenvalue weighted by Gasteiger charge is 2.68. The molecule has 3 aliphatic heterocycles. The fraction of sp³-hybridized carbons (Fsp3) is 0.843. The van der Waals surface area contributed by atoms with Crippen LogP contribution >= 0.6 is 11.6 Å². The lowest BCUT2D eigenvalue weighted by molar-refractivity contribution is -0.134. The van der Waals surface area contributed by atoms with Crippen LogP contribution in [0.15, 0.2) is 49.4 Å². The molecule has 36 atom stereocenters. The Hall–Kier alpha value is -5.49. The van der Waals surface area contributed by atoms with Gasteiger partial charge in [-0.25, -0.2) is 4.85 Å². The lowest BCUT2D eigenvalue weighted by atomic mass is 9.48. The minimum absolute atomic E-state index is 0.0703. The lowest BCUT2D eigenvalue weighted by Gasteiger charge is -2.57. The molecule has 0 unspecified atom stereocenters. The van der Waals surface area contributed by atoms with Gasteiger partial charge < -0.3 is 35.1 Å². The van der Waals surface area contributed by atoms with E-state index in [0.29, 0.717) is 137 Å². The molecule has 752 valence electrons. The van der Waals surface area contributed by atoms with Crippen molar-refractivity contribution in [3.63, 3.8) is 0 Å². The molecule has 4 aromatic rings. The van der Waals surface area contributed by atoms with Crippen LogP contribution in [-0.4, -0.2) is 179 Å². The van der Waals surface area contributed by atoms with Crippen LogP contribution in [0.25, 0.3) is 4.85 Å². The van der Waals surface area contributed by atoms with E-state index in [0.717, 1.165) is 173 Å². The molecule has 137 heavy (non-hydrogen) atoms. The van der Waals surface area contributed by atoms with Crippen molar-refractivity contribution in [2.45, 2.75) is 362 Å². The maximum absolute atomic E-state index is 13.8. The summed E-state index contributed by atoms with van der Waals surface area (Å²) >= 11 is 6.00. The predicted octanol–water partition coefficient (Wildman–Crippen LogP) is 20.5. The number of aryl methyl sites for hydroxylation is 1. The molecule has 19 fully saturated rings. The fourth-order valence-corrected chi connectivity index (χ4v) is 39.4. The molecule has 22 heteroatoms. The smallest absolute Gasteiger partial charge is 0.224 e. The Kier molecular flexibility index (Phi) is 28.2. The minimum atomic E-state index is -0.474. The van der Waals surface area contributed by atoms with Crippen LogP contribution in [0.3, 0.4) is 0 Å². The van der Waals surface area contributed by atoms with Crippen LogP contribution in [0, 0.1) is 212 Å². The van der Waals surface area contributed by atoms with Gasteiger partial charge in [-0.15, -0.1) is 0 Å². The molecule has 0 bridgehead atoms. The Labute approximate surface area is 825 Å². The number of carbonyl (C=O) groups excluding carboxylic acids is 4. The van der Waals surface area contributed by atoms with Crippen molar-refractivity contribution in [1.29, 1.82) is 5.26 Å². The molecule has 21 nitrogen and oxygen atoms in total. The first kappa shape index (κ1) is 98.9. The molecule has 23 rings (SSSR count). The minimum Gasteiger partial charge on any atom is -0.390 e.